The Morgan fingerprint density at radius 3 is 2.25 bits per heavy atom. The molecule has 0 aliphatic rings. The van der Waals surface area contributed by atoms with Gasteiger partial charge in [0.15, 0.2) is 0 Å². The van der Waals surface area contributed by atoms with Gasteiger partial charge in [-0.25, -0.2) is 0 Å². The Morgan fingerprint density at radius 2 is 1.71 bits per heavy atom. The van der Waals surface area contributed by atoms with Crippen LogP contribution in [0.15, 0.2) is 53.6 Å². The van der Waals surface area contributed by atoms with Crippen molar-refractivity contribution in [1.82, 2.24) is 0 Å². The van der Waals surface area contributed by atoms with Crippen molar-refractivity contribution in [3.8, 4) is 5.75 Å². The number of hydrogen-bond donors (Lipinski definition) is 1. The first kappa shape index (κ1) is 17.8. The lowest BCUT2D eigenvalue weighted by atomic mass is 10.2. The Labute approximate surface area is 139 Å². The van der Waals surface area contributed by atoms with E-state index in [0.29, 0.717) is 5.69 Å². The molecule has 0 saturated heterocycles. The van der Waals surface area contributed by atoms with Crippen molar-refractivity contribution in [3.63, 3.8) is 0 Å². The topological polar surface area (TPSA) is 33.6 Å². The molecule has 1 N–H and O–H groups in total. The standard InChI is InChI=1S/C18H19F3N2O/c1-3-13(2)24-17-10-4-14(5-11-17)12-22-23-16-8-6-15(7-9-16)18(19,20)21/h4-13,23H,3H2,1-2H3/b22-12+/t13-/m0/s1. The minimum absolute atomic E-state index is 0.158. The molecule has 0 bridgehead atoms. The van der Waals surface area contributed by atoms with Gasteiger partial charge in [0.1, 0.15) is 5.75 Å². The lowest BCUT2D eigenvalue weighted by Crippen LogP contribution is -2.09. The van der Waals surface area contributed by atoms with Gasteiger partial charge in [0.2, 0.25) is 0 Å². The van der Waals surface area contributed by atoms with E-state index in [1.807, 2.05) is 31.2 Å². The van der Waals surface area contributed by atoms with Gasteiger partial charge in [-0.3, -0.25) is 5.43 Å². The molecule has 0 aliphatic heterocycles. The fourth-order valence-corrected chi connectivity index (χ4v) is 1.86. The van der Waals surface area contributed by atoms with Gasteiger partial charge in [0.05, 0.1) is 23.6 Å². The average Bonchev–Trinajstić information content (AvgIpc) is 2.56. The summed E-state index contributed by atoms with van der Waals surface area (Å²) in [4.78, 5) is 0. The lowest BCUT2D eigenvalue weighted by molar-refractivity contribution is -0.137. The van der Waals surface area contributed by atoms with Crippen LogP contribution in [-0.2, 0) is 6.18 Å². The zero-order valence-electron chi connectivity index (χ0n) is 13.5. The van der Waals surface area contributed by atoms with Gasteiger partial charge < -0.3 is 4.74 Å². The zero-order valence-corrected chi connectivity index (χ0v) is 13.5. The van der Waals surface area contributed by atoms with E-state index in [9.17, 15) is 13.2 Å². The number of alkyl halides is 3. The molecule has 0 spiro atoms. The zero-order chi connectivity index (χ0) is 17.6. The highest BCUT2D eigenvalue weighted by atomic mass is 19.4. The minimum Gasteiger partial charge on any atom is -0.491 e. The summed E-state index contributed by atoms with van der Waals surface area (Å²) in [5, 5.41) is 4.01. The Bertz CT molecular complexity index is 664. The van der Waals surface area contributed by atoms with E-state index in [4.69, 9.17) is 4.74 Å². The molecule has 0 unspecified atom stereocenters. The van der Waals surface area contributed by atoms with Crippen molar-refractivity contribution in [2.24, 2.45) is 5.10 Å². The second-order valence-corrected chi connectivity index (χ2v) is 5.35. The second-order valence-electron chi connectivity index (χ2n) is 5.35. The van der Waals surface area contributed by atoms with Crippen LogP contribution in [-0.4, -0.2) is 12.3 Å². The smallest absolute Gasteiger partial charge is 0.416 e. The Balaban J connectivity index is 1.92. The first-order valence-electron chi connectivity index (χ1n) is 7.61. The van der Waals surface area contributed by atoms with E-state index in [1.165, 1.54) is 12.1 Å². The summed E-state index contributed by atoms with van der Waals surface area (Å²) in [5.74, 6) is 0.789. The van der Waals surface area contributed by atoms with Crippen LogP contribution in [0.25, 0.3) is 0 Å². The van der Waals surface area contributed by atoms with Crippen molar-refractivity contribution < 1.29 is 17.9 Å². The molecule has 2 aromatic rings. The van der Waals surface area contributed by atoms with Gasteiger partial charge in [0, 0.05) is 0 Å². The summed E-state index contributed by atoms with van der Waals surface area (Å²) in [7, 11) is 0. The number of benzene rings is 2. The molecule has 128 valence electrons. The van der Waals surface area contributed by atoms with Crippen LogP contribution >= 0.6 is 0 Å². The summed E-state index contributed by atoms with van der Waals surface area (Å²) in [6.45, 7) is 4.06. The van der Waals surface area contributed by atoms with Crippen molar-refractivity contribution in [2.45, 2.75) is 32.5 Å². The lowest BCUT2D eigenvalue weighted by Gasteiger charge is -2.12. The summed E-state index contributed by atoms with van der Waals surface area (Å²) in [6, 6.07) is 12.1. The maximum atomic E-state index is 12.5. The fourth-order valence-electron chi connectivity index (χ4n) is 1.86. The molecule has 1 atom stereocenters. The van der Waals surface area contributed by atoms with Crippen LogP contribution in [0.1, 0.15) is 31.4 Å². The minimum atomic E-state index is -4.33. The normalized spacial score (nSPS) is 13.0. The van der Waals surface area contributed by atoms with Crippen molar-refractivity contribution in [3.05, 3.63) is 59.7 Å². The van der Waals surface area contributed by atoms with E-state index in [1.54, 1.807) is 6.21 Å². The van der Waals surface area contributed by atoms with E-state index >= 15 is 0 Å². The molecule has 0 aliphatic carbocycles. The SMILES string of the molecule is CC[C@H](C)Oc1ccc(/C=N/Nc2ccc(C(F)(F)F)cc2)cc1. The average molecular weight is 336 g/mol. The van der Waals surface area contributed by atoms with E-state index in [2.05, 4.69) is 17.5 Å². The largest absolute Gasteiger partial charge is 0.491 e. The number of nitrogens with one attached hydrogen (secondary N) is 1. The van der Waals surface area contributed by atoms with Crippen LogP contribution in [0, 0.1) is 0 Å². The molecule has 0 radical (unpaired) electrons. The number of halogens is 3. The molecule has 2 rings (SSSR count). The summed E-state index contributed by atoms with van der Waals surface area (Å²) in [5.41, 5.74) is 3.35. The molecule has 0 heterocycles. The first-order valence-corrected chi connectivity index (χ1v) is 7.61. The molecule has 2 aromatic carbocycles. The predicted octanol–water partition coefficient (Wildman–Crippen LogP) is 5.33. The molecule has 0 aromatic heterocycles. The van der Waals surface area contributed by atoms with E-state index in [-0.39, 0.29) is 6.10 Å². The summed E-state index contributed by atoms with van der Waals surface area (Å²) >= 11 is 0. The summed E-state index contributed by atoms with van der Waals surface area (Å²) < 4.78 is 43.1. The first-order chi connectivity index (χ1) is 11.4. The number of anilines is 1. The Hall–Kier alpha value is -2.50. The molecular formula is C18H19F3N2O. The van der Waals surface area contributed by atoms with E-state index in [0.717, 1.165) is 29.9 Å². The molecular weight excluding hydrogens is 317 g/mol. The maximum absolute atomic E-state index is 12.5. The highest BCUT2D eigenvalue weighted by molar-refractivity contribution is 5.80. The quantitative estimate of drug-likeness (QED) is 0.571. The number of hydrogen-bond acceptors (Lipinski definition) is 3. The molecule has 24 heavy (non-hydrogen) atoms. The monoisotopic (exact) mass is 336 g/mol. The van der Waals surface area contributed by atoms with Crippen LogP contribution in [0.5, 0.6) is 5.75 Å². The van der Waals surface area contributed by atoms with Crippen molar-refractivity contribution >= 4 is 11.9 Å². The molecule has 0 amide bonds. The third-order valence-electron chi connectivity index (χ3n) is 3.41. The van der Waals surface area contributed by atoms with Crippen LogP contribution in [0.3, 0.4) is 0 Å². The molecule has 3 nitrogen and oxygen atoms in total. The number of nitrogens with zero attached hydrogens (tertiary/aromatic N) is 1. The highest BCUT2D eigenvalue weighted by Gasteiger charge is 2.29. The summed E-state index contributed by atoms with van der Waals surface area (Å²) in [6.07, 6.45) is -1.66. The van der Waals surface area contributed by atoms with Crippen LogP contribution in [0.4, 0.5) is 18.9 Å². The van der Waals surface area contributed by atoms with Gasteiger partial charge in [0.25, 0.3) is 0 Å². The van der Waals surface area contributed by atoms with Crippen molar-refractivity contribution in [2.75, 3.05) is 5.43 Å². The predicted molar refractivity (Wildman–Crippen MR) is 89.5 cm³/mol. The third kappa shape index (κ3) is 5.30. The fraction of sp³-hybridized carbons (Fsp3) is 0.278. The molecule has 0 fully saturated rings. The number of ether oxygens (including phenoxy) is 1. The van der Waals surface area contributed by atoms with Crippen molar-refractivity contribution in [1.29, 1.82) is 0 Å². The van der Waals surface area contributed by atoms with Gasteiger partial charge in [-0.05, 0) is 67.4 Å². The Morgan fingerprint density at radius 1 is 1.08 bits per heavy atom. The van der Waals surface area contributed by atoms with Gasteiger partial charge in [-0.1, -0.05) is 6.92 Å². The highest BCUT2D eigenvalue weighted by Crippen LogP contribution is 2.29. The number of rotatable bonds is 6. The number of hydrazone groups is 1. The maximum Gasteiger partial charge on any atom is 0.416 e. The van der Waals surface area contributed by atoms with Gasteiger partial charge >= 0.3 is 6.18 Å². The third-order valence-corrected chi connectivity index (χ3v) is 3.41. The van der Waals surface area contributed by atoms with Crippen LogP contribution < -0.4 is 10.2 Å². The second kappa shape index (κ2) is 7.86. The van der Waals surface area contributed by atoms with Gasteiger partial charge in [-0.15, -0.1) is 0 Å². The molecule has 6 heteroatoms. The van der Waals surface area contributed by atoms with E-state index < -0.39 is 11.7 Å². The molecule has 0 saturated carbocycles. The van der Waals surface area contributed by atoms with Crippen LogP contribution in [0.2, 0.25) is 0 Å². The Kier molecular flexibility index (Phi) is 5.84. The van der Waals surface area contributed by atoms with Gasteiger partial charge in [-0.2, -0.15) is 18.3 Å².